The van der Waals surface area contributed by atoms with E-state index in [0.717, 1.165) is 5.56 Å². The molecule has 6 heteroatoms. The maximum atomic E-state index is 12.2. The molecular formula is C18H17N3O3. The van der Waals surface area contributed by atoms with Crippen LogP contribution in [-0.4, -0.2) is 23.2 Å². The van der Waals surface area contributed by atoms with Gasteiger partial charge in [0.15, 0.2) is 0 Å². The van der Waals surface area contributed by atoms with Crippen molar-refractivity contribution in [2.24, 2.45) is 0 Å². The Bertz CT molecular complexity index is 802. The van der Waals surface area contributed by atoms with E-state index < -0.39 is 0 Å². The number of aromatic amines is 1. The fourth-order valence-electron chi connectivity index (χ4n) is 2.16. The number of ether oxygens (including phenoxy) is 2. The minimum absolute atomic E-state index is 0.290. The van der Waals surface area contributed by atoms with Gasteiger partial charge in [-0.05, 0) is 23.8 Å². The van der Waals surface area contributed by atoms with Gasteiger partial charge in [-0.2, -0.15) is 5.10 Å². The third-order valence-electron chi connectivity index (χ3n) is 3.42. The summed E-state index contributed by atoms with van der Waals surface area (Å²) in [6.45, 7) is 0.390. The number of amides is 1. The van der Waals surface area contributed by atoms with Gasteiger partial charge < -0.3 is 14.8 Å². The van der Waals surface area contributed by atoms with Gasteiger partial charge in [-0.1, -0.05) is 30.3 Å². The van der Waals surface area contributed by atoms with E-state index in [-0.39, 0.29) is 5.91 Å². The van der Waals surface area contributed by atoms with Crippen molar-refractivity contribution in [3.63, 3.8) is 0 Å². The van der Waals surface area contributed by atoms with Crippen molar-refractivity contribution in [1.29, 1.82) is 0 Å². The first-order valence-electron chi connectivity index (χ1n) is 7.42. The zero-order chi connectivity index (χ0) is 16.8. The van der Waals surface area contributed by atoms with Crippen molar-refractivity contribution < 1.29 is 14.3 Å². The Kier molecular flexibility index (Phi) is 4.76. The van der Waals surface area contributed by atoms with Crippen LogP contribution in [-0.2, 0) is 6.61 Å². The zero-order valence-corrected chi connectivity index (χ0v) is 13.2. The van der Waals surface area contributed by atoms with Gasteiger partial charge in [0.25, 0.3) is 5.91 Å². The molecule has 0 saturated heterocycles. The van der Waals surface area contributed by atoms with Crippen molar-refractivity contribution in [2.45, 2.75) is 6.61 Å². The van der Waals surface area contributed by atoms with E-state index in [0.29, 0.717) is 29.5 Å². The summed E-state index contributed by atoms with van der Waals surface area (Å²) < 4.78 is 11.1. The second-order valence-corrected chi connectivity index (χ2v) is 5.06. The minimum Gasteiger partial charge on any atom is -0.497 e. The molecule has 2 N–H and O–H groups in total. The number of hydrogen-bond donors (Lipinski definition) is 2. The summed E-state index contributed by atoms with van der Waals surface area (Å²) in [5, 5.41) is 9.21. The van der Waals surface area contributed by atoms with Crippen LogP contribution >= 0.6 is 0 Å². The fourth-order valence-corrected chi connectivity index (χ4v) is 2.16. The number of H-pyrrole nitrogens is 1. The summed E-state index contributed by atoms with van der Waals surface area (Å²) >= 11 is 0. The molecule has 0 aliphatic heterocycles. The lowest BCUT2D eigenvalue weighted by atomic mass is 10.2. The molecule has 0 saturated carbocycles. The maximum Gasteiger partial charge on any atom is 0.273 e. The van der Waals surface area contributed by atoms with E-state index in [1.165, 1.54) is 6.20 Å². The highest BCUT2D eigenvalue weighted by Gasteiger charge is 2.12. The highest BCUT2D eigenvalue weighted by Crippen LogP contribution is 2.30. The molecule has 0 radical (unpaired) electrons. The second-order valence-electron chi connectivity index (χ2n) is 5.06. The van der Waals surface area contributed by atoms with Gasteiger partial charge in [0, 0.05) is 12.3 Å². The Hall–Kier alpha value is -3.28. The van der Waals surface area contributed by atoms with Crippen molar-refractivity contribution in [1.82, 2.24) is 10.2 Å². The fraction of sp³-hybridized carbons (Fsp3) is 0.111. The predicted octanol–water partition coefficient (Wildman–Crippen LogP) is 3.25. The predicted molar refractivity (Wildman–Crippen MR) is 90.3 cm³/mol. The average Bonchev–Trinajstić information content (AvgIpc) is 3.16. The number of methoxy groups -OCH3 is 1. The molecule has 0 fully saturated rings. The summed E-state index contributed by atoms with van der Waals surface area (Å²) in [5.74, 6) is 0.894. The maximum absolute atomic E-state index is 12.2. The Balaban J connectivity index is 1.79. The lowest BCUT2D eigenvalue weighted by Gasteiger charge is -2.13. The van der Waals surface area contributed by atoms with Crippen LogP contribution in [0.4, 0.5) is 5.69 Å². The number of nitrogens with one attached hydrogen (secondary N) is 2. The van der Waals surface area contributed by atoms with Gasteiger partial charge in [0.2, 0.25) is 0 Å². The SMILES string of the molecule is COc1ccc(NC(=O)c2ccn[nH]2)c(OCc2ccccc2)c1. The third-order valence-corrected chi connectivity index (χ3v) is 3.42. The van der Waals surface area contributed by atoms with E-state index in [2.05, 4.69) is 15.5 Å². The van der Waals surface area contributed by atoms with Crippen LogP contribution in [0.5, 0.6) is 11.5 Å². The quantitative estimate of drug-likeness (QED) is 0.730. The van der Waals surface area contributed by atoms with Gasteiger partial charge in [0.05, 0.1) is 12.8 Å². The standard InChI is InChI=1S/C18H17N3O3/c1-23-14-7-8-15(20-18(22)16-9-10-19-21-16)17(11-14)24-12-13-5-3-2-4-6-13/h2-11H,12H2,1H3,(H,19,21)(H,20,22). The normalized spacial score (nSPS) is 10.2. The monoisotopic (exact) mass is 323 g/mol. The summed E-state index contributed by atoms with van der Waals surface area (Å²) in [6.07, 6.45) is 1.52. The molecule has 3 aromatic rings. The van der Waals surface area contributed by atoms with E-state index in [9.17, 15) is 4.79 Å². The minimum atomic E-state index is -0.290. The Morgan fingerprint density at radius 2 is 2.00 bits per heavy atom. The van der Waals surface area contributed by atoms with E-state index in [1.807, 2.05) is 30.3 Å². The molecule has 122 valence electrons. The van der Waals surface area contributed by atoms with Crippen LogP contribution in [0.1, 0.15) is 16.1 Å². The molecular weight excluding hydrogens is 306 g/mol. The van der Waals surface area contributed by atoms with Crippen molar-refractivity contribution in [3.05, 3.63) is 72.1 Å². The Labute approximate surface area is 139 Å². The molecule has 6 nitrogen and oxygen atoms in total. The molecule has 2 aromatic carbocycles. The summed E-state index contributed by atoms with van der Waals surface area (Å²) in [7, 11) is 1.58. The molecule has 24 heavy (non-hydrogen) atoms. The highest BCUT2D eigenvalue weighted by molar-refractivity contribution is 6.03. The van der Waals surface area contributed by atoms with Gasteiger partial charge in [-0.3, -0.25) is 9.89 Å². The van der Waals surface area contributed by atoms with Crippen molar-refractivity contribution in [3.8, 4) is 11.5 Å². The van der Waals surface area contributed by atoms with Crippen LogP contribution in [0.3, 0.4) is 0 Å². The molecule has 1 heterocycles. The van der Waals surface area contributed by atoms with Crippen LogP contribution in [0, 0.1) is 0 Å². The topological polar surface area (TPSA) is 76.2 Å². The molecule has 0 atom stereocenters. The number of anilines is 1. The summed E-state index contributed by atoms with van der Waals surface area (Å²) in [5.41, 5.74) is 1.97. The van der Waals surface area contributed by atoms with Crippen LogP contribution in [0.2, 0.25) is 0 Å². The Morgan fingerprint density at radius 1 is 1.17 bits per heavy atom. The molecule has 0 aliphatic carbocycles. The molecule has 0 spiro atoms. The molecule has 1 amide bonds. The van der Waals surface area contributed by atoms with E-state index >= 15 is 0 Å². The lowest BCUT2D eigenvalue weighted by Crippen LogP contribution is -2.13. The first kappa shape index (κ1) is 15.6. The first-order valence-corrected chi connectivity index (χ1v) is 7.42. The molecule has 3 rings (SSSR count). The number of carbonyl (C=O) groups excluding carboxylic acids is 1. The van der Waals surface area contributed by atoms with Crippen LogP contribution in [0.15, 0.2) is 60.8 Å². The van der Waals surface area contributed by atoms with Gasteiger partial charge >= 0.3 is 0 Å². The largest absolute Gasteiger partial charge is 0.497 e. The molecule has 0 unspecified atom stereocenters. The van der Waals surface area contributed by atoms with Crippen molar-refractivity contribution in [2.75, 3.05) is 12.4 Å². The Morgan fingerprint density at radius 3 is 2.71 bits per heavy atom. The lowest BCUT2D eigenvalue weighted by molar-refractivity contribution is 0.102. The summed E-state index contributed by atoms with van der Waals surface area (Å²) in [4.78, 5) is 12.2. The number of rotatable bonds is 6. The van der Waals surface area contributed by atoms with Gasteiger partial charge in [-0.15, -0.1) is 0 Å². The van der Waals surface area contributed by atoms with Crippen LogP contribution < -0.4 is 14.8 Å². The van der Waals surface area contributed by atoms with Gasteiger partial charge in [-0.25, -0.2) is 0 Å². The molecule has 0 bridgehead atoms. The van der Waals surface area contributed by atoms with Gasteiger partial charge in [0.1, 0.15) is 23.8 Å². The second kappa shape index (κ2) is 7.32. The number of aromatic nitrogens is 2. The molecule has 0 aliphatic rings. The number of carbonyl (C=O) groups is 1. The average molecular weight is 323 g/mol. The van der Waals surface area contributed by atoms with E-state index in [4.69, 9.17) is 9.47 Å². The number of benzene rings is 2. The molecule has 1 aromatic heterocycles. The van der Waals surface area contributed by atoms with Crippen molar-refractivity contribution >= 4 is 11.6 Å². The first-order chi connectivity index (χ1) is 11.8. The number of hydrogen-bond acceptors (Lipinski definition) is 4. The van der Waals surface area contributed by atoms with E-state index in [1.54, 1.807) is 31.4 Å². The summed E-state index contributed by atoms with van der Waals surface area (Å²) in [6, 6.07) is 16.6. The third kappa shape index (κ3) is 3.73. The van der Waals surface area contributed by atoms with Crippen LogP contribution in [0.25, 0.3) is 0 Å². The zero-order valence-electron chi connectivity index (χ0n) is 13.2. The number of nitrogens with zero attached hydrogens (tertiary/aromatic N) is 1. The smallest absolute Gasteiger partial charge is 0.273 e. The highest BCUT2D eigenvalue weighted by atomic mass is 16.5.